The number of hydrogen-bond acceptors (Lipinski definition) is 3. The van der Waals surface area contributed by atoms with Gasteiger partial charge < -0.3 is 15.0 Å². The van der Waals surface area contributed by atoms with Crippen molar-refractivity contribution in [2.24, 2.45) is 0 Å². The highest BCUT2D eigenvalue weighted by Gasteiger charge is 2.28. The molecule has 0 bridgehead atoms. The van der Waals surface area contributed by atoms with Crippen LogP contribution in [0.15, 0.2) is 60.7 Å². The maximum atomic E-state index is 13.0. The van der Waals surface area contributed by atoms with E-state index in [4.69, 9.17) is 4.74 Å². The summed E-state index contributed by atoms with van der Waals surface area (Å²) in [6, 6.07) is 18.6. The minimum absolute atomic E-state index is 0.0763. The summed E-state index contributed by atoms with van der Waals surface area (Å²) in [5.41, 5.74) is 1.91. The van der Waals surface area contributed by atoms with E-state index in [1.807, 2.05) is 60.7 Å². The monoisotopic (exact) mass is 352 g/mol. The lowest BCUT2D eigenvalue weighted by molar-refractivity contribution is -0.140. The molecule has 2 aromatic rings. The summed E-state index contributed by atoms with van der Waals surface area (Å²) in [5.74, 6) is -0.197. The number of benzene rings is 2. The molecular formula is C21H24N2O3. The molecule has 0 spiro atoms. The van der Waals surface area contributed by atoms with E-state index in [1.165, 1.54) is 0 Å². The third kappa shape index (κ3) is 4.92. The largest absolute Gasteiger partial charge is 0.378 e. The molecule has 26 heavy (non-hydrogen) atoms. The zero-order valence-corrected chi connectivity index (χ0v) is 14.8. The summed E-state index contributed by atoms with van der Waals surface area (Å²) >= 11 is 0. The Morgan fingerprint density at radius 1 is 0.962 bits per heavy atom. The summed E-state index contributed by atoms with van der Waals surface area (Å²) in [6.45, 7) is 2.19. The molecule has 1 unspecified atom stereocenters. The fourth-order valence-corrected chi connectivity index (χ4v) is 3.04. The third-order valence-corrected chi connectivity index (χ3v) is 4.49. The smallest absolute Gasteiger partial charge is 0.249 e. The number of rotatable bonds is 6. The Balaban J connectivity index is 1.67. The van der Waals surface area contributed by atoms with Crippen molar-refractivity contribution >= 4 is 11.8 Å². The summed E-state index contributed by atoms with van der Waals surface area (Å²) in [6.07, 6.45) is 1.00. The number of carbonyl (C=O) groups is 2. The molecule has 0 radical (unpaired) electrons. The van der Waals surface area contributed by atoms with E-state index in [-0.39, 0.29) is 11.8 Å². The van der Waals surface area contributed by atoms with Crippen LogP contribution in [0, 0.1) is 0 Å². The Hall–Kier alpha value is -2.66. The number of hydrogen-bond donors (Lipinski definition) is 1. The van der Waals surface area contributed by atoms with Crippen LogP contribution in [0.4, 0.5) is 0 Å². The number of nitrogens with one attached hydrogen (secondary N) is 1. The standard InChI is InChI=1S/C21H24N2O3/c24-19(12-11-17-7-3-1-4-8-17)22-20(18-9-5-2-6-10-18)21(25)23-13-15-26-16-14-23/h1-10,20H,11-16H2,(H,22,24). The third-order valence-electron chi connectivity index (χ3n) is 4.49. The maximum Gasteiger partial charge on any atom is 0.249 e. The van der Waals surface area contributed by atoms with Crippen molar-refractivity contribution in [2.75, 3.05) is 26.3 Å². The van der Waals surface area contributed by atoms with E-state index < -0.39 is 6.04 Å². The minimum atomic E-state index is -0.655. The van der Waals surface area contributed by atoms with Crippen LogP contribution in [-0.4, -0.2) is 43.0 Å². The average Bonchev–Trinajstić information content (AvgIpc) is 2.72. The van der Waals surface area contributed by atoms with E-state index in [2.05, 4.69) is 5.32 Å². The quantitative estimate of drug-likeness (QED) is 0.868. The molecule has 1 aliphatic heterocycles. The summed E-state index contributed by atoms with van der Waals surface area (Å²) in [4.78, 5) is 27.2. The van der Waals surface area contributed by atoms with Crippen molar-refractivity contribution in [3.63, 3.8) is 0 Å². The SMILES string of the molecule is O=C(CCc1ccccc1)NC(C(=O)N1CCOCC1)c1ccccc1. The maximum absolute atomic E-state index is 13.0. The van der Waals surface area contributed by atoms with Crippen molar-refractivity contribution in [1.82, 2.24) is 10.2 Å². The van der Waals surface area contributed by atoms with Gasteiger partial charge in [-0.05, 0) is 17.5 Å². The lowest BCUT2D eigenvalue weighted by Crippen LogP contribution is -2.47. The summed E-state index contributed by atoms with van der Waals surface area (Å²) in [5, 5.41) is 2.93. The predicted octanol–water partition coefficient (Wildman–Crippen LogP) is 2.34. The van der Waals surface area contributed by atoms with Gasteiger partial charge in [-0.3, -0.25) is 9.59 Å². The molecule has 1 N–H and O–H groups in total. The van der Waals surface area contributed by atoms with Gasteiger partial charge in [-0.25, -0.2) is 0 Å². The Kier molecular flexibility index (Phi) is 6.39. The van der Waals surface area contributed by atoms with Gasteiger partial charge in [-0.15, -0.1) is 0 Å². The molecule has 1 atom stereocenters. The van der Waals surface area contributed by atoms with E-state index in [0.29, 0.717) is 39.1 Å². The fourth-order valence-electron chi connectivity index (χ4n) is 3.04. The first-order chi connectivity index (χ1) is 12.7. The van der Waals surface area contributed by atoms with Crippen LogP contribution < -0.4 is 5.32 Å². The molecule has 1 saturated heterocycles. The van der Waals surface area contributed by atoms with Gasteiger partial charge in [-0.1, -0.05) is 60.7 Å². The molecule has 5 heteroatoms. The summed E-state index contributed by atoms with van der Waals surface area (Å²) in [7, 11) is 0. The molecule has 136 valence electrons. The lowest BCUT2D eigenvalue weighted by Gasteiger charge is -2.31. The molecular weight excluding hydrogens is 328 g/mol. The van der Waals surface area contributed by atoms with Gasteiger partial charge >= 0.3 is 0 Å². The number of carbonyl (C=O) groups excluding carboxylic acids is 2. The molecule has 1 aliphatic rings. The van der Waals surface area contributed by atoms with Crippen LogP contribution in [0.25, 0.3) is 0 Å². The molecule has 2 aromatic carbocycles. The van der Waals surface area contributed by atoms with Gasteiger partial charge in [0.1, 0.15) is 6.04 Å². The van der Waals surface area contributed by atoms with Crippen molar-refractivity contribution < 1.29 is 14.3 Å². The normalized spacial score (nSPS) is 15.3. The van der Waals surface area contributed by atoms with Crippen molar-refractivity contribution in [1.29, 1.82) is 0 Å². The number of morpholine rings is 1. The van der Waals surface area contributed by atoms with E-state index in [9.17, 15) is 9.59 Å². The first kappa shape index (κ1) is 18.1. The minimum Gasteiger partial charge on any atom is -0.378 e. The van der Waals surface area contributed by atoms with Crippen molar-refractivity contribution in [2.45, 2.75) is 18.9 Å². The fraction of sp³-hybridized carbons (Fsp3) is 0.333. The molecule has 1 fully saturated rings. The number of ether oxygens (including phenoxy) is 1. The van der Waals surface area contributed by atoms with Gasteiger partial charge in [0.15, 0.2) is 0 Å². The highest BCUT2D eigenvalue weighted by atomic mass is 16.5. The second-order valence-electron chi connectivity index (χ2n) is 6.33. The van der Waals surface area contributed by atoms with Gasteiger partial charge in [0.05, 0.1) is 13.2 Å². The number of nitrogens with zero attached hydrogens (tertiary/aromatic N) is 1. The molecule has 2 amide bonds. The predicted molar refractivity (Wildman–Crippen MR) is 99.5 cm³/mol. The Labute approximate surface area is 154 Å². The lowest BCUT2D eigenvalue weighted by atomic mass is 10.0. The Morgan fingerprint density at radius 2 is 1.58 bits per heavy atom. The molecule has 0 aromatic heterocycles. The molecule has 3 rings (SSSR count). The van der Waals surface area contributed by atoms with Gasteiger partial charge in [0.25, 0.3) is 0 Å². The second-order valence-corrected chi connectivity index (χ2v) is 6.33. The molecule has 0 saturated carbocycles. The van der Waals surface area contributed by atoms with Crippen LogP contribution in [0.5, 0.6) is 0 Å². The molecule has 0 aliphatic carbocycles. The average molecular weight is 352 g/mol. The van der Waals surface area contributed by atoms with E-state index in [1.54, 1.807) is 4.90 Å². The molecule has 1 heterocycles. The van der Waals surface area contributed by atoms with E-state index in [0.717, 1.165) is 11.1 Å². The van der Waals surface area contributed by atoms with Gasteiger partial charge in [-0.2, -0.15) is 0 Å². The zero-order chi connectivity index (χ0) is 18.2. The Bertz CT molecular complexity index is 713. The van der Waals surface area contributed by atoms with Crippen molar-refractivity contribution in [3.8, 4) is 0 Å². The van der Waals surface area contributed by atoms with E-state index >= 15 is 0 Å². The highest BCUT2D eigenvalue weighted by molar-refractivity contribution is 5.88. The zero-order valence-electron chi connectivity index (χ0n) is 14.8. The highest BCUT2D eigenvalue weighted by Crippen LogP contribution is 2.17. The van der Waals surface area contributed by atoms with Crippen LogP contribution in [0.3, 0.4) is 0 Å². The van der Waals surface area contributed by atoms with Gasteiger partial charge in [0.2, 0.25) is 11.8 Å². The molecule has 5 nitrogen and oxygen atoms in total. The number of aryl methyl sites for hydroxylation is 1. The first-order valence-electron chi connectivity index (χ1n) is 8.99. The van der Waals surface area contributed by atoms with Gasteiger partial charge in [0, 0.05) is 19.5 Å². The summed E-state index contributed by atoms with van der Waals surface area (Å²) < 4.78 is 5.32. The van der Waals surface area contributed by atoms with Crippen LogP contribution in [-0.2, 0) is 20.7 Å². The second kappa shape index (κ2) is 9.15. The topological polar surface area (TPSA) is 58.6 Å². The first-order valence-corrected chi connectivity index (χ1v) is 8.99. The van der Waals surface area contributed by atoms with Crippen molar-refractivity contribution in [3.05, 3.63) is 71.8 Å². The number of amides is 2. The van der Waals surface area contributed by atoms with Crippen LogP contribution in [0.2, 0.25) is 0 Å². The van der Waals surface area contributed by atoms with Crippen LogP contribution >= 0.6 is 0 Å². The Morgan fingerprint density at radius 3 is 2.23 bits per heavy atom. The van der Waals surface area contributed by atoms with Crippen LogP contribution in [0.1, 0.15) is 23.6 Å².